The molecular formula is C15H19BrN2O2. The average Bonchev–Trinajstić information content (AvgIpc) is 2.91. The predicted octanol–water partition coefficient (Wildman–Crippen LogP) is 3.52. The maximum Gasteiger partial charge on any atom is 0.148 e. The summed E-state index contributed by atoms with van der Waals surface area (Å²) in [6, 6.07) is 8.17. The molecule has 1 fully saturated rings. The number of nitrogens with one attached hydrogen (secondary N) is 1. The summed E-state index contributed by atoms with van der Waals surface area (Å²) in [5.41, 5.74) is 3.78. The lowest BCUT2D eigenvalue weighted by Gasteiger charge is -2.25. The Hall–Kier alpha value is -0.880. The van der Waals surface area contributed by atoms with Gasteiger partial charge in [0.25, 0.3) is 0 Å². The molecule has 0 bridgehead atoms. The Morgan fingerprint density at radius 2 is 2.15 bits per heavy atom. The minimum Gasteiger partial charge on any atom is -0.458 e. The van der Waals surface area contributed by atoms with Crippen LogP contribution in [0.3, 0.4) is 0 Å². The topological polar surface area (TPSA) is 60.4 Å². The van der Waals surface area contributed by atoms with E-state index < -0.39 is 0 Å². The van der Waals surface area contributed by atoms with Crippen molar-refractivity contribution in [1.29, 1.82) is 0 Å². The Balaban J connectivity index is 1.81. The van der Waals surface area contributed by atoms with Crippen LogP contribution in [0.4, 0.5) is 0 Å². The summed E-state index contributed by atoms with van der Waals surface area (Å²) >= 11 is 3.52. The second-order valence-corrected chi connectivity index (χ2v) is 6.17. The Bertz CT molecular complexity index is 578. The third-order valence-corrected chi connectivity index (χ3v) is 4.59. The molecule has 1 atom stereocenters. The van der Waals surface area contributed by atoms with E-state index in [2.05, 4.69) is 33.5 Å². The fraction of sp³-hybridized carbons (Fsp3) is 0.467. The molecular weight excluding hydrogens is 320 g/mol. The molecule has 1 unspecified atom stereocenters. The van der Waals surface area contributed by atoms with Crippen LogP contribution in [0, 0.1) is 5.92 Å². The van der Waals surface area contributed by atoms with Crippen molar-refractivity contribution in [3.05, 3.63) is 34.5 Å². The van der Waals surface area contributed by atoms with Gasteiger partial charge in [0, 0.05) is 18.6 Å². The molecule has 0 aliphatic carbocycles. The molecule has 0 radical (unpaired) electrons. The maximum atomic E-state index is 5.97. The highest BCUT2D eigenvalue weighted by atomic mass is 79.9. The number of fused-ring (bicyclic) bond motifs is 1. The molecule has 1 saturated heterocycles. The normalized spacial score (nSPS) is 18.5. The second kappa shape index (κ2) is 6.26. The van der Waals surface area contributed by atoms with Crippen molar-refractivity contribution in [1.82, 2.24) is 5.43 Å². The molecule has 2 aromatic rings. The zero-order valence-corrected chi connectivity index (χ0v) is 12.9. The summed E-state index contributed by atoms with van der Waals surface area (Å²) in [5, 5.41) is 1.10. The molecule has 1 aliphatic rings. The van der Waals surface area contributed by atoms with Gasteiger partial charge >= 0.3 is 0 Å². The maximum absolute atomic E-state index is 5.97. The highest BCUT2D eigenvalue weighted by molar-refractivity contribution is 9.10. The first kappa shape index (κ1) is 14.1. The average molecular weight is 339 g/mol. The van der Waals surface area contributed by atoms with Gasteiger partial charge in [-0.3, -0.25) is 5.84 Å². The number of nitrogens with two attached hydrogens (primary N) is 1. The van der Waals surface area contributed by atoms with Crippen LogP contribution in [-0.2, 0) is 4.74 Å². The molecule has 1 aromatic carbocycles. The lowest BCUT2D eigenvalue weighted by Crippen LogP contribution is -2.30. The standard InChI is InChI=1S/C15H19BrN2O2/c16-12-3-1-2-11-9-14(20-15(11)12)13(18-17)8-10-4-6-19-7-5-10/h1-3,9-10,13,18H,4-8,17H2. The highest BCUT2D eigenvalue weighted by Crippen LogP contribution is 2.33. The summed E-state index contributed by atoms with van der Waals surface area (Å²) in [5.74, 6) is 7.27. The Labute approximate surface area is 126 Å². The number of hydrogen-bond donors (Lipinski definition) is 2. The van der Waals surface area contributed by atoms with Crippen molar-refractivity contribution in [2.45, 2.75) is 25.3 Å². The van der Waals surface area contributed by atoms with E-state index in [1.54, 1.807) is 0 Å². The van der Waals surface area contributed by atoms with Gasteiger partial charge in [-0.15, -0.1) is 0 Å². The molecule has 1 aromatic heterocycles. The smallest absolute Gasteiger partial charge is 0.148 e. The molecule has 1 aliphatic heterocycles. The van der Waals surface area contributed by atoms with Crippen molar-refractivity contribution in [3.63, 3.8) is 0 Å². The van der Waals surface area contributed by atoms with Crippen molar-refractivity contribution in [2.24, 2.45) is 11.8 Å². The Morgan fingerprint density at radius 1 is 1.35 bits per heavy atom. The zero-order chi connectivity index (χ0) is 13.9. The second-order valence-electron chi connectivity index (χ2n) is 5.32. The SMILES string of the molecule is NNC(CC1CCOCC1)c1cc2cccc(Br)c2o1. The number of para-hydroxylation sites is 1. The molecule has 3 rings (SSSR count). The molecule has 3 N–H and O–H groups in total. The van der Waals surface area contributed by atoms with Crippen LogP contribution in [-0.4, -0.2) is 13.2 Å². The number of benzene rings is 1. The number of furan rings is 1. The Kier molecular flexibility index (Phi) is 4.41. The van der Waals surface area contributed by atoms with E-state index in [1.165, 1.54) is 0 Å². The number of halogens is 1. The minimum atomic E-state index is 0.0531. The quantitative estimate of drug-likeness (QED) is 0.661. The van der Waals surface area contributed by atoms with Gasteiger partial charge in [-0.2, -0.15) is 0 Å². The van der Waals surface area contributed by atoms with Crippen LogP contribution in [0.25, 0.3) is 11.0 Å². The largest absolute Gasteiger partial charge is 0.458 e. The van der Waals surface area contributed by atoms with Gasteiger partial charge in [0.1, 0.15) is 11.3 Å². The molecule has 0 saturated carbocycles. The molecule has 2 heterocycles. The van der Waals surface area contributed by atoms with Crippen LogP contribution in [0.5, 0.6) is 0 Å². The van der Waals surface area contributed by atoms with Gasteiger partial charge in [-0.05, 0) is 53.2 Å². The van der Waals surface area contributed by atoms with E-state index in [-0.39, 0.29) is 6.04 Å². The number of hydrazine groups is 1. The first-order valence-electron chi connectivity index (χ1n) is 6.99. The summed E-state index contributed by atoms with van der Waals surface area (Å²) in [7, 11) is 0. The van der Waals surface area contributed by atoms with Gasteiger partial charge in [0.2, 0.25) is 0 Å². The predicted molar refractivity (Wildman–Crippen MR) is 82.1 cm³/mol. The van der Waals surface area contributed by atoms with Gasteiger partial charge < -0.3 is 9.15 Å². The van der Waals surface area contributed by atoms with E-state index in [0.29, 0.717) is 5.92 Å². The van der Waals surface area contributed by atoms with E-state index in [0.717, 1.165) is 53.7 Å². The van der Waals surface area contributed by atoms with E-state index >= 15 is 0 Å². The summed E-state index contributed by atoms with van der Waals surface area (Å²) < 4.78 is 12.4. The zero-order valence-electron chi connectivity index (χ0n) is 11.3. The first-order valence-corrected chi connectivity index (χ1v) is 7.79. The van der Waals surface area contributed by atoms with Crippen molar-refractivity contribution >= 4 is 26.9 Å². The number of ether oxygens (including phenoxy) is 1. The molecule has 108 valence electrons. The molecule has 0 spiro atoms. The highest BCUT2D eigenvalue weighted by Gasteiger charge is 2.22. The van der Waals surface area contributed by atoms with Crippen molar-refractivity contribution < 1.29 is 9.15 Å². The summed E-state index contributed by atoms with van der Waals surface area (Å²) in [6.07, 6.45) is 3.18. The molecule has 0 amide bonds. The van der Waals surface area contributed by atoms with Crippen LogP contribution < -0.4 is 11.3 Å². The van der Waals surface area contributed by atoms with Crippen molar-refractivity contribution in [3.8, 4) is 0 Å². The van der Waals surface area contributed by atoms with Gasteiger partial charge in [0.05, 0.1) is 10.5 Å². The van der Waals surface area contributed by atoms with Crippen LogP contribution in [0.2, 0.25) is 0 Å². The summed E-state index contributed by atoms with van der Waals surface area (Å²) in [6.45, 7) is 1.71. The fourth-order valence-corrected chi connectivity index (χ4v) is 3.26. The first-order chi connectivity index (χ1) is 9.78. The van der Waals surface area contributed by atoms with Crippen molar-refractivity contribution in [2.75, 3.05) is 13.2 Å². The summed E-state index contributed by atoms with van der Waals surface area (Å²) in [4.78, 5) is 0. The number of hydrogen-bond acceptors (Lipinski definition) is 4. The van der Waals surface area contributed by atoms with Gasteiger partial charge in [-0.25, -0.2) is 5.43 Å². The monoisotopic (exact) mass is 338 g/mol. The lowest BCUT2D eigenvalue weighted by molar-refractivity contribution is 0.0597. The third kappa shape index (κ3) is 2.91. The lowest BCUT2D eigenvalue weighted by atomic mass is 9.92. The van der Waals surface area contributed by atoms with E-state index in [4.69, 9.17) is 15.0 Å². The van der Waals surface area contributed by atoms with Gasteiger partial charge in [-0.1, -0.05) is 12.1 Å². The molecule has 4 nitrogen and oxygen atoms in total. The van der Waals surface area contributed by atoms with E-state index in [9.17, 15) is 0 Å². The minimum absolute atomic E-state index is 0.0531. The van der Waals surface area contributed by atoms with Gasteiger partial charge in [0.15, 0.2) is 0 Å². The van der Waals surface area contributed by atoms with E-state index in [1.807, 2.05) is 12.1 Å². The Morgan fingerprint density at radius 3 is 2.85 bits per heavy atom. The third-order valence-electron chi connectivity index (χ3n) is 3.97. The molecule has 20 heavy (non-hydrogen) atoms. The van der Waals surface area contributed by atoms with Crippen LogP contribution in [0.1, 0.15) is 31.1 Å². The van der Waals surface area contributed by atoms with Crippen LogP contribution in [0.15, 0.2) is 33.2 Å². The molecule has 5 heteroatoms. The fourth-order valence-electron chi connectivity index (χ4n) is 2.80. The number of rotatable bonds is 4. The van der Waals surface area contributed by atoms with Crippen LogP contribution >= 0.6 is 15.9 Å².